The Hall–Kier alpha value is -4.26. The molecule has 7 nitrogen and oxygen atoms in total. The number of aromatic nitrogens is 1. The zero-order chi connectivity index (χ0) is 23.8. The van der Waals surface area contributed by atoms with Crippen molar-refractivity contribution < 1.29 is 18.7 Å². The highest BCUT2D eigenvalue weighted by Gasteiger charge is 2.21. The number of anilines is 1. The third-order valence-corrected chi connectivity index (χ3v) is 6.50. The summed E-state index contributed by atoms with van der Waals surface area (Å²) in [5, 5.41) is 2.95. The van der Waals surface area contributed by atoms with E-state index in [4.69, 9.17) is 18.9 Å². The van der Waals surface area contributed by atoms with Crippen LogP contribution in [0.1, 0.15) is 32.9 Å². The van der Waals surface area contributed by atoms with Crippen LogP contribution in [0.5, 0.6) is 11.5 Å². The van der Waals surface area contributed by atoms with Crippen LogP contribution >= 0.6 is 0 Å². The Labute approximate surface area is 203 Å². The van der Waals surface area contributed by atoms with Gasteiger partial charge in [-0.05, 0) is 66.9 Å². The van der Waals surface area contributed by atoms with Crippen LogP contribution in [0, 0.1) is 6.92 Å². The van der Waals surface area contributed by atoms with Gasteiger partial charge in [0.2, 0.25) is 12.7 Å². The van der Waals surface area contributed by atoms with Crippen molar-refractivity contribution in [2.24, 2.45) is 0 Å². The van der Waals surface area contributed by atoms with E-state index in [0.717, 1.165) is 41.3 Å². The fourth-order valence-electron chi connectivity index (χ4n) is 4.55. The molecule has 0 saturated carbocycles. The Kier molecular flexibility index (Phi) is 5.37. The summed E-state index contributed by atoms with van der Waals surface area (Å²) in [6, 6.07) is 21.5. The van der Waals surface area contributed by atoms with E-state index < -0.39 is 0 Å². The van der Waals surface area contributed by atoms with Crippen LogP contribution in [0.4, 0.5) is 5.69 Å². The first-order valence-corrected chi connectivity index (χ1v) is 11.7. The van der Waals surface area contributed by atoms with Crippen LogP contribution in [-0.4, -0.2) is 24.2 Å². The highest BCUT2D eigenvalue weighted by Crippen LogP contribution is 2.33. The molecule has 0 spiro atoms. The average molecular weight is 468 g/mol. The van der Waals surface area contributed by atoms with Crippen molar-refractivity contribution in [2.75, 3.05) is 18.2 Å². The Morgan fingerprint density at radius 3 is 2.74 bits per heavy atom. The van der Waals surface area contributed by atoms with Gasteiger partial charge in [0.05, 0.1) is 6.54 Å². The van der Waals surface area contributed by atoms with E-state index in [2.05, 4.69) is 34.5 Å². The van der Waals surface area contributed by atoms with Crippen LogP contribution in [0.3, 0.4) is 0 Å². The SMILES string of the molecule is Cc1oc(-c2ccc(C(=O)NCc3ccc4c(c3)OCO4)cc2)nc1CN1CCc2ccccc21. The van der Waals surface area contributed by atoms with Crippen LogP contribution in [0.25, 0.3) is 11.5 Å². The molecule has 176 valence electrons. The molecule has 1 N–H and O–H groups in total. The number of benzene rings is 3. The van der Waals surface area contributed by atoms with E-state index in [0.29, 0.717) is 30.3 Å². The minimum absolute atomic E-state index is 0.147. The van der Waals surface area contributed by atoms with E-state index in [-0.39, 0.29) is 12.7 Å². The van der Waals surface area contributed by atoms with Crippen molar-refractivity contribution in [1.82, 2.24) is 10.3 Å². The molecule has 0 fully saturated rings. The molecule has 3 heterocycles. The number of hydrogen-bond acceptors (Lipinski definition) is 6. The van der Waals surface area contributed by atoms with Crippen molar-refractivity contribution in [2.45, 2.75) is 26.4 Å². The number of nitrogens with one attached hydrogen (secondary N) is 1. The van der Waals surface area contributed by atoms with Gasteiger partial charge < -0.3 is 24.1 Å². The van der Waals surface area contributed by atoms with E-state index in [1.165, 1.54) is 11.3 Å². The molecule has 7 heteroatoms. The molecule has 0 aliphatic carbocycles. The van der Waals surface area contributed by atoms with E-state index in [1.807, 2.05) is 37.3 Å². The van der Waals surface area contributed by atoms with Gasteiger partial charge in [0.1, 0.15) is 11.5 Å². The largest absolute Gasteiger partial charge is 0.454 e. The monoisotopic (exact) mass is 467 g/mol. The van der Waals surface area contributed by atoms with Crippen molar-refractivity contribution in [3.8, 4) is 23.0 Å². The molecule has 35 heavy (non-hydrogen) atoms. The fraction of sp³-hybridized carbons (Fsp3) is 0.214. The van der Waals surface area contributed by atoms with Crippen molar-refractivity contribution >= 4 is 11.6 Å². The number of aryl methyl sites for hydroxylation is 1. The van der Waals surface area contributed by atoms with Crippen LogP contribution in [-0.2, 0) is 19.5 Å². The Balaban J connectivity index is 1.11. The molecule has 2 aliphatic heterocycles. The number of para-hydroxylation sites is 1. The minimum Gasteiger partial charge on any atom is -0.454 e. The van der Waals surface area contributed by atoms with Gasteiger partial charge in [0.25, 0.3) is 5.91 Å². The molecule has 0 radical (unpaired) electrons. The van der Waals surface area contributed by atoms with E-state index in [9.17, 15) is 4.79 Å². The highest BCUT2D eigenvalue weighted by atomic mass is 16.7. The molecule has 0 unspecified atom stereocenters. The predicted molar refractivity (Wildman–Crippen MR) is 132 cm³/mol. The number of ether oxygens (including phenoxy) is 2. The number of carbonyl (C=O) groups is 1. The predicted octanol–water partition coefficient (Wildman–Crippen LogP) is 4.87. The summed E-state index contributed by atoms with van der Waals surface area (Å²) >= 11 is 0. The molecule has 4 aromatic rings. The normalized spacial score (nSPS) is 13.7. The molecule has 0 atom stereocenters. The van der Waals surface area contributed by atoms with Crippen molar-refractivity contribution in [3.63, 3.8) is 0 Å². The first-order chi connectivity index (χ1) is 17.1. The van der Waals surface area contributed by atoms with Crippen LogP contribution < -0.4 is 19.7 Å². The van der Waals surface area contributed by atoms with Gasteiger partial charge >= 0.3 is 0 Å². The standard InChI is InChI=1S/C28H25N3O4/c1-18-23(16-31-13-12-20-4-2-3-5-24(20)31)30-28(35-18)22-9-7-21(8-10-22)27(32)29-15-19-6-11-25-26(14-19)34-17-33-25/h2-11,14H,12-13,15-17H2,1H3,(H,29,32). The van der Waals surface area contributed by atoms with Gasteiger partial charge in [-0.2, -0.15) is 0 Å². The second-order valence-electron chi connectivity index (χ2n) is 8.77. The number of amides is 1. The highest BCUT2D eigenvalue weighted by molar-refractivity contribution is 5.94. The molecule has 2 aliphatic rings. The quantitative estimate of drug-likeness (QED) is 0.436. The Morgan fingerprint density at radius 2 is 1.86 bits per heavy atom. The summed E-state index contributed by atoms with van der Waals surface area (Å²) in [5.74, 6) is 2.67. The lowest BCUT2D eigenvalue weighted by Gasteiger charge is -2.17. The number of hydrogen-bond donors (Lipinski definition) is 1. The smallest absolute Gasteiger partial charge is 0.251 e. The molecular formula is C28H25N3O4. The van der Waals surface area contributed by atoms with Gasteiger partial charge in [0.15, 0.2) is 11.5 Å². The van der Waals surface area contributed by atoms with Gasteiger partial charge in [-0.25, -0.2) is 4.98 Å². The summed E-state index contributed by atoms with van der Waals surface area (Å²) < 4.78 is 16.7. The zero-order valence-electron chi connectivity index (χ0n) is 19.4. The topological polar surface area (TPSA) is 76.8 Å². The van der Waals surface area contributed by atoms with E-state index >= 15 is 0 Å². The van der Waals surface area contributed by atoms with Crippen molar-refractivity contribution in [3.05, 3.63) is 94.9 Å². The zero-order valence-corrected chi connectivity index (χ0v) is 19.4. The average Bonchev–Trinajstić information content (AvgIpc) is 3.62. The molecule has 0 bridgehead atoms. The summed E-state index contributed by atoms with van der Waals surface area (Å²) in [5.41, 5.74) is 5.94. The van der Waals surface area contributed by atoms with Gasteiger partial charge in [-0.1, -0.05) is 24.3 Å². The summed E-state index contributed by atoms with van der Waals surface area (Å²) in [6.07, 6.45) is 1.05. The van der Waals surface area contributed by atoms with Gasteiger partial charge in [-0.3, -0.25) is 4.79 Å². The maximum atomic E-state index is 12.6. The Morgan fingerprint density at radius 1 is 1.03 bits per heavy atom. The summed E-state index contributed by atoms with van der Waals surface area (Å²) in [6.45, 7) is 4.28. The van der Waals surface area contributed by atoms with Gasteiger partial charge in [0, 0.05) is 29.9 Å². The number of rotatable bonds is 6. The lowest BCUT2D eigenvalue weighted by Crippen LogP contribution is -2.22. The maximum Gasteiger partial charge on any atom is 0.251 e. The molecular weight excluding hydrogens is 442 g/mol. The lowest BCUT2D eigenvalue weighted by molar-refractivity contribution is 0.0951. The molecule has 1 aromatic heterocycles. The number of carbonyl (C=O) groups excluding carboxylic acids is 1. The van der Waals surface area contributed by atoms with Crippen LogP contribution in [0.2, 0.25) is 0 Å². The lowest BCUT2D eigenvalue weighted by atomic mass is 10.1. The fourth-order valence-corrected chi connectivity index (χ4v) is 4.55. The minimum atomic E-state index is -0.147. The number of oxazole rings is 1. The molecule has 1 amide bonds. The van der Waals surface area contributed by atoms with E-state index in [1.54, 1.807) is 12.1 Å². The van der Waals surface area contributed by atoms with Crippen molar-refractivity contribution in [1.29, 1.82) is 0 Å². The second-order valence-corrected chi connectivity index (χ2v) is 8.77. The molecule has 3 aromatic carbocycles. The Bertz CT molecular complexity index is 1390. The molecule has 6 rings (SSSR count). The second kappa shape index (κ2) is 8.83. The summed E-state index contributed by atoms with van der Waals surface area (Å²) in [7, 11) is 0. The first-order valence-electron chi connectivity index (χ1n) is 11.7. The number of fused-ring (bicyclic) bond motifs is 2. The third-order valence-electron chi connectivity index (χ3n) is 6.50. The third kappa shape index (κ3) is 4.21. The number of nitrogens with zero attached hydrogens (tertiary/aromatic N) is 2. The first kappa shape index (κ1) is 21.3. The van der Waals surface area contributed by atoms with Crippen LogP contribution in [0.15, 0.2) is 71.1 Å². The van der Waals surface area contributed by atoms with Gasteiger partial charge in [-0.15, -0.1) is 0 Å². The molecule has 0 saturated heterocycles. The summed E-state index contributed by atoms with van der Waals surface area (Å²) in [4.78, 5) is 19.7. The maximum absolute atomic E-state index is 12.6.